The molecule has 0 atom stereocenters. The maximum Gasteiger partial charge on any atom is 0.191 e. The standard InChI is InChI=1S/C17H25N5/c1-3-18-17(20-12-15-8-5-4-6-9-15)19-11-7-10-16-13-21-22-14(16)2/h4-6,8-9,13H,3,7,10-12H2,1-2H3,(H,21,22)(H2,18,19,20). The number of nitrogens with zero attached hydrogens (tertiary/aromatic N) is 2. The predicted molar refractivity (Wildman–Crippen MR) is 90.9 cm³/mol. The molecule has 0 unspecified atom stereocenters. The molecule has 0 aliphatic carbocycles. The van der Waals surface area contributed by atoms with Gasteiger partial charge in [-0.05, 0) is 37.8 Å². The third kappa shape index (κ3) is 5.24. The van der Waals surface area contributed by atoms with Crippen molar-refractivity contribution in [3.63, 3.8) is 0 Å². The van der Waals surface area contributed by atoms with Crippen LogP contribution in [0.25, 0.3) is 0 Å². The van der Waals surface area contributed by atoms with Gasteiger partial charge in [0.1, 0.15) is 0 Å². The Morgan fingerprint density at radius 3 is 2.73 bits per heavy atom. The van der Waals surface area contributed by atoms with Crippen molar-refractivity contribution in [2.75, 3.05) is 13.1 Å². The normalized spacial score (nSPS) is 11.5. The first-order valence-electron chi connectivity index (χ1n) is 7.84. The molecule has 0 fully saturated rings. The molecule has 22 heavy (non-hydrogen) atoms. The van der Waals surface area contributed by atoms with Crippen molar-refractivity contribution in [1.29, 1.82) is 0 Å². The van der Waals surface area contributed by atoms with Crippen molar-refractivity contribution in [3.8, 4) is 0 Å². The van der Waals surface area contributed by atoms with Crippen molar-refractivity contribution in [2.45, 2.75) is 33.2 Å². The summed E-state index contributed by atoms with van der Waals surface area (Å²) in [6.45, 7) is 6.58. The van der Waals surface area contributed by atoms with Gasteiger partial charge in [-0.25, -0.2) is 4.99 Å². The number of aliphatic imine (C=N–C) groups is 1. The van der Waals surface area contributed by atoms with Crippen LogP contribution in [0.3, 0.4) is 0 Å². The van der Waals surface area contributed by atoms with E-state index in [0.29, 0.717) is 6.54 Å². The summed E-state index contributed by atoms with van der Waals surface area (Å²) in [4.78, 5) is 4.61. The molecule has 0 aliphatic heterocycles. The Morgan fingerprint density at radius 2 is 2.05 bits per heavy atom. The molecule has 1 heterocycles. The van der Waals surface area contributed by atoms with E-state index in [1.165, 1.54) is 11.1 Å². The van der Waals surface area contributed by atoms with E-state index < -0.39 is 0 Å². The van der Waals surface area contributed by atoms with E-state index >= 15 is 0 Å². The number of guanidine groups is 1. The largest absolute Gasteiger partial charge is 0.357 e. The first-order valence-corrected chi connectivity index (χ1v) is 7.84. The van der Waals surface area contributed by atoms with E-state index in [1.54, 1.807) is 0 Å². The summed E-state index contributed by atoms with van der Waals surface area (Å²) in [6.07, 6.45) is 3.98. The average Bonchev–Trinajstić information content (AvgIpc) is 2.95. The van der Waals surface area contributed by atoms with Gasteiger partial charge in [-0.3, -0.25) is 5.10 Å². The van der Waals surface area contributed by atoms with E-state index in [4.69, 9.17) is 0 Å². The Kier molecular flexibility index (Phi) is 6.48. The molecule has 0 spiro atoms. The molecule has 118 valence electrons. The number of H-pyrrole nitrogens is 1. The van der Waals surface area contributed by atoms with Gasteiger partial charge in [0.15, 0.2) is 5.96 Å². The summed E-state index contributed by atoms with van der Waals surface area (Å²) in [5, 5.41) is 13.7. The fraction of sp³-hybridized carbons (Fsp3) is 0.412. The summed E-state index contributed by atoms with van der Waals surface area (Å²) in [5.41, 5.74) is 3.66. The monoisotopic (exact) mass is 299 g/mol. The third-order valence-corrected chi connectivity index (χ3v) is 3.46. The lowest BCUT2D eigenvalue weighted by Gasteiger charge is -2.11. The van der Waals surface area contributed by atoms with Gasteiger partial charge in [-0.15, -0.1) is 0 Å². The fourth-order valence-electron chi connectivity index (χ4n) is 2.21. The van der Waals surface area contributed by atoms with Crippen LogP contribution >= 0.6 is 0 Å². The molecule has 0 radical (unpaired) electrons. The lowest BCUT2D eigenvalue weighted by atomic mass is 10.1. The van der Waals surface area contributed by atoms with Gasteiger partial charge in [-0.2, -0.15) is 5.10 Å². The van der Waals surface area contributed by atoms with Gasteiger partial charge in [0, 0.05) is 18.8 Å². The molecule has 0 bridgehead atoms. The van der Waals surface area contributed by atoms with Crippen LogP contribution in [0.2, 0.25) is 0 Å². The number of hydrogen-bond acceptors (Lipinski definition) is 2. The Labute approximate surface area is 132 Å². The maximum atomic E-state index is 4.61. The van der Waals surface area contributed by atoms with E-state index in [-0.39, 0.29) is 0 Å². The smallest absolute Gasteiger partial charge is 0.191 e. The van der Waals surface area contributed by atoms with Crippen LogP contribution in [0, 0.1) is 6.92 Å². The number of aromatic nitrogens is 2. The highest BCUT2D eigenvalue weighted by Gasteiger charge is 2.01. The minimum Gasteiger partial charge on any atom is -0.357 e. The number of aryl methyl sites for hydroxylation is 2. The van der Waals surface area contributed by atoms with Crippen LogP contribution in [0.4, 0.5) is 0 Å². The van der Waals surface area contributed by atoms with Gasteiger partial charge < -0.3 is 10.6 Å². The minimum atomic E-state index is 0.691. The van der Waals surface area contributed by atoms with Gasteiger partial charge in [0.25, 0.3) is 0 Å². The quantitative estimate of drug-likeness (QED) is 0.418. The molecule has 0 saturated heterocycles. The zero-order valence-corrected chi connectivity index (χ0v) is 13.4. The minimum absolute atomic E-state index is 0.691. The highest BCUT2D eigenvalue weighted by atomic mass is 15.2. The average molecular weight is 299 g/mol. The van der Waals surface area contributed by atoms with Crippen molar-refractivity contribution in [2.24, 2.45) is 4.99 Å². The number of hydrogen-bond donors (Lipinski definition) is 3. The molecular formula is C17H25N5. The second kappa shape index (κ2) is 8.87. The van der Waals surface area contributed by atoms with Gasteiger partial charge in [0.2, 0.25) is 0 Å². The molecule has 2 aromatic rings. The van der Waals surface area contributed by atoms with Crippen molar-refractivity contribution in [1.82, 2.24) is 20.8 Å². The zero-order chi connectivity index (χ0) is 15.6. The SMILES string of the molecule is CCNC(=NCc1ccccc1)NCCCc1cn[nH]c1C. The van der Waals surface area contributed by atoms with E-state index in [1.807, 2.05) is 24.4 Å². The lowest BCUT2D eigenvalue weighted by molar-refractivity contribution is 0.742. The maximum absolute atomic E-state index is 4.61. The van der Waals surface area contributed by atoms with Crippen LogP contribution in [0.1, 0.15) is 30.2 Å². The second-order valence-corrected chi connectivity index (χ2v) is 5.23. The van der Waals surface area contributed by atoms with Gasteiger partial charge in [0.05, 0.1) is 12.7 Å². The Hall–Kier alpha value is -2.30. The van der Waals surface area contributed by atoms with Gasteiger partial charge in [-0.1, -0.05) is 30.3 Å². The number of nitrogens with one attached hydrogen (secondary N) is 3. The predicted octanol–water partition coefficient (Wildman–Crippen LogP) is 2.41. The highest BCUT2D eigenvalue weighted by Crippen LogP contribution is 2.05. The zero-order valence-electron chi connectivity index (χ0n) is 13.4. The highest BCUT2D eigenvalue weighted by molar-refractivity contribution is 5.79. The van der Waals surface area contributed by atoms with Crippen LogP contribution in [-0.4, -0.2) is 29.2 Å². The third-order valence-electron chi connectivity index (χ3n) is 3.46. The first-order chi connectivity index (χ1) is 10.8. The Morgan fingerprint density at radius 1 is 1.23 bits per heavy atom. The lowest BCUT2D eigenvalue weighted by Crippen LogP contribution is -2.37. The molecule has 5 nitrogen and oxygen atoms in total. The van der Waals surface area contributed by atoms with Crippen LogP contribution in [0.15, 0.2) is 41.5 Å². The molecule has 0 saturated carbocycles. The number of aromatic amines is 1. The molecule has 5 heteroatoms. The van der Waals surface area contributed by atoms with E-state index in [9.17, 15) is 0 Å². The molecule has 0 amide bonds. The van der Waals surface area contributed by atoms with E-state index in [2.05, 4.69) is 51.8 Å². The molecule has 1 aromatic heterocycles. The Bertz CT molecular complexity index is 574. The van der Waals surface area contributed by atoms with Crippen molar-refractivity contribution in [3.05, 3.63) is 53.3 Å². The second-order valence-electron chi connectivity index (χ2n) is 5.23. The van der Waals surface area contributed by atoms with Crippen molar-refractivity contribution < 1.29 is 0 Å². The summed E-state index contributed by atoms with van der Waals surface area (Å²) < 4.78 is 0. The Balaban J connectivity index is 1.77. The molecule has 1 aromatic carbocycles. The molecule has 2 rings (SSSR count). The topological polar surface area (TPSA) is 65.1 Å². The van der Waals surface area contributed by atoms with E-state index in [0.717, 1.165) is 37.6 Å². The summed E-state index contributed by atoms with van der Waals surface area (Å²) >= 11 is 0. The molecule has 0 aliphatic rings. The fourth-order valence-corrected chi connectivity index (χ4v) is 2.21. The van der Waals surface area contributed by atoms with Crippen LogP contribution < -0.4 is 10.6 Å². The number of benzene rings is 1. The first kappa shape index (κ1) is 16.1. The van der Waals surface area contributed by atoms with Crippen molar-refractivity contribution >= 4 is 5.96 Å². The molecular weight excluding hydrogens is 274 g/mol. The van der Waals surface area contributed by atoms with Crippen LogP contribution in [0.5, 0.6) is 0 Å². The van der Waals surface area contributed by atoms with Crippen LogP contribution in [-0.2, 0) is 13.0 Å². The summed E-state index contributed by atoms with van der Waals surface area (Å²) in [6, 6.07) is 10.3. The number of rotatable bonds is 7. The summed E-state index contributed by atoms with van der Waals surface area (Å²) in [7, 11) is 0. The molecule has 3 N–H and O–H groups in total. The van der Waals surface area contributed by atoms with Gasteiger partial charge >= 0.3 is 0 Å². The summed E-state index contributed by atoms with van der Waals surface area (Å²) in [5.74, 6) is 0.871.